The summed E-state index contributed by atoms with van der Waals surface area (Å²) in [5.74, 6) is 2.89. The number of nitrogens with one attached hydrogen (secondary N) is 1. The quantitative estimate of drug-likeness (QED) is 0.0716. The van der Waals surface area contributed by atoms with Crippen molar-refractivity contribution in [2.75, 3.05) is 19.8 Å². The lowest BCUT2D eigenvalue weighted by atomic mass is 9.50. The van der Waals surface area contributed by atoms with Crippen molar-refractivity contribution in [3.63, 3.8) is 0 Å². The molecule has 0 amide bonds. The summed E-state index contributed by atoms with van der Waals surface area (Å²) in [5, 5.41) is 3.94. The first-order valence-electron chi connectivity index (χ1n) is 21.3. The van der Waals surface area contributed by atoms with Crippen molar-refractivity contribution in [2.45, 2.75) is 108 Å². The van der Waals surface area contributed by atoms with Crippen LogP contribution in [0, 0.1) is 23.2 Å². The molecule has 6 nitrogen and oxygen atoms in total. The van der Waals surface area contributed by atoms with E-state index in [0.29, 0.717) is 38.4 Å². The van der Waals surface area contributed by atoms with Crippen LogP contribution in [-0.2, 0) is 50.1 Å². The molecule has 0 radical (unpaired) electrons. The van der Waals surface area contributed by atoms with Crippen LogP contribution in [0.15, 0.2) is 133 Å². The first-order valence-corrected chi connectivity index (χ1v) is 21.3. The smallest absolute Gasteiger partial charge is 0.114 e. The van der Waals surface area contributed by atoms with Crippen molar-refractivity contribution >= 4 is 0 Å². The molecule has 0 unspecified atom stereocenters. The molecule has 56 heavy (non-hydrogen) atoms. The van der Waals surface area contributed by atoms with E-state index in [4.69, 9.17) is 23.7 Å². The van der Waals surface area contributed by atoms with Crippen molar-refractivity contribution in [1.29, 1.82) is 0 Å². The second-order valence-electron chi connectivity index (χ2n) is 17.1. The van der Waals surface area contributed by atoms with E-state index in [0.717, 1.165) is 66.1 Å². The Kier molecular flexibility index (Phi) is 13.8. The predicted molar refractivity (Wildman–Crippen MR) is 222 cm³/mol. The van der Waals surface area contributed by atoms with Crippen molar-refractivity contribution < 1.29 is 23.7 Å². The Hall–Kier alpha value is -3.62. The number of allylic oxidation sites excluding steroid dienone is 1. The fourth-order valence-corrected chi connectivity index (χ4v) is 10.4. The molecule has 5 aliphatic rings. The van der Waals surface area contributed by atoms with Gasteiger partial charge in [-0.25, -0.2) is 0 Å². The van der Waals surface area contributed by atoms with E-state index in [1.165, 1.54) is 38.5 Å². The van der Waals surface area contributed by atoms with Crippen LogP contribution in [0.2, 0.25) is 0 Å². The zero-order chi connectivity index (χ0) is 37.8. The first kappa shape index (κ1) is 39.2. The fraction of sp³-hybridized carbons (Fsp3) is 0.480. The molecular formula is C50H61NO5. The molecule has 6 heteroatoms. The second kappa shape index (κ2) is 19.7. The van der Waals surface area contributed by atoms with Crippen molar-refractivity contribution in [2.24, 2.45) is 23.2 Å². The van der Waals surface area contributed by atoms with Gasteiger partial charge in [0.25, 0.3) is 0 Å². The molecule has 4 aliphatic carbocycles. The van der Waals surface area contributed by atoms with Crippen LogP contribution in [0.4, 0.5) is 0 Å². The van der Waals surface area contributed by atoms with Crippen LogP contribution in [0.5, 0.6) is 0 Å². The minimum absolute atomic E-state index is 0.116. The average molecular weight is 756 g/mol. The second-order valence-corrected chi connectivity index (χ2v) is 17.1. The normalized spacial score (nSPS) is 29.6. The Morgan fingerprint density at radius 3 is 1.52 bits per heavy atom. The highest BCUT2D eigenvalue weighted by atomic mass is 16.6. The lowest BCUT2D eigenvalue weighted by Gasteiger charge is -2.56. The summed E-state index contributed by atoms with van der Waals surface area (Å²) in [6.07, 6.45) is 14.2. The zero-order valence-corrected chi connectivity index (χ0v) is 33.0. The predicted octanol–water partition coefficient (Wildman–Crippen LogP) is 9.87. The maximum Gasteiger partial charge on any atom is 0.114 e. The largest absolute Gasteiger partial charge is 0.381 e. The van der Waals surface area contributed by atoms with Gasteiger partial charge in [0, 0.05) is 6.61 Å². The van der Waals surface area contributed by atoms with Crippen LogP contribution in [0.25, 0.3) is 0 Å². The number of hydrogen-bond donors (Lipinski definition) is 1. The maximum absolute atomic E-state index is 6.96. The van der Waals surface area contributed by atoms with E-state index < -0.39 is 0 Å². The van der Waals surface area contributed by atoms with Crippen molar-refractivity contribution in [3.05, 3.63) is 156 Å². The first-order chi connectivity index (χ1) is 27.7. The summed E-state index contributed by atoms with van der Waals surface area (Å²) < 4.78 is 33.7. The molecule has 4 aromatic rings. The summed E-state index contributed by atoms with van der Waals surface area (Å²) in [4.78, 5) is 0. The highest BCUT2D eigenvalue weighted by Crippen LogP contribution is 2.60. The van der Waals surface area contributed by atoms with Gasteiger partial charge in [0.2, 0.25) is 0 Å². The standard InChI is InChI=1S/C50H61NO5/c1-6-16-38(17-7-1)32-53-36-46-48(55-34-40-20-10-3-11-21-40)49(56-35-41-22-12-4-13-23-41)47(54-33-39-18-8-2-9-19-39)45(51-46)24-14-5-15-25-52-37-50-29-42-26-43(30-50)28-44(27-42)31-50/h1-4,6-14,16-24,42-49,51H,5,15,25-37H2/b24-14-/t42?,43?,44?,45-,46+,47-,48+,49+,50?/m0/s1. The highest BCUT2D eigenvalue weighted by Gasteiger charge is 2.51. The van der Waals surface area contributed by atoms with Crippen LogP contribution >= 0.6 is 0 Å². The van der Waals surface area contributed by atoms with E-state index in [-0.39, 0.29) is 30.4 Å². The van der Waals surface area contributed by atoms with Crippen molar-refractivity contribution in [1.82, 2.24) is 5.32 Å². The van der Waals surface area contributed by atoms with Crippen LogP contribution < -0.4 is 5.32 Å². The third-order valence-corrected chi connectivity index (χ3v) is 12.6. The Morgan fingerprint density at radius 2 is 1.00 bits per heavy atom. The Morgan fingerprint density at radius 1 is 0.536 bits per heavy atom. The van der Waals surface area contributed by atoms with E-state index in [2.05, 4.69) is 115 Å². The molecule has 5 fully saturated rings. The molecule has 1 aliphatic heterocycles. The van der Waals surface area contributed by atoms with Crippen LogP contribution in [0.1, 0.15) is 73.6 Å². The highest BCUT2D eigenvalue weighted by molar-refractivity contribution is 5.18. The molecule has 296 valence electrons. The Labute approximate surface area is 334 Å². The van der Waals surface area contributed by atoms with Crippen LogP contribution in [-0.4, -0.2) is 50.2 Å². The van der Waals surface area contributed by atoms with Gasteiger partial charge < -0.3 is 29.0 Å². The molecule has 0 aromatic heterocycles. The lowest BCUT2D eigenvalue weighted by Crippen LogP contribution is -2.67. The van der Waals surface area contributed by atoms with E-state index in [9.17, 15) is 0 Å². The number of piperidine rings is 1. The van der Waals surface area contributed by atoms with Gasteiger partial charge >= 0.3 is 0 Å². The summed E-state index contributed by atoms with van der Waals surface area (Å²) in [6, 6.07) is 41.3. The maximum atomic E-state index is 6.96. The van der Waals surface area contributed by atoms with E-state index >= 15 is 0 Å². The third-order valence-electron chi connectivity index (χ3n) is 12.6. The molecule has 9 rings (SSSR count). The topological polar surface area (TPSA) is 58.2 Å². The SMILES string of the molecule is C(=C/[C@@H]1N[C@H](COCc2ccccc2)[C@@H](OCc2ccccc2)[C@H](OCc2ccccc2)[C@H]1OCc1ccccc1)/CCCOCC12CC3CC(CC(C3)C1)C2. The summed E-state index contributed by atoms with van der Waals surface area (Å²) >= 11 is 0. The Balaban J connectivity index is 0.984. The van der Waals surface area contributed by atoms with Gasteiger partial charge in [-0.2, -0.15) is 0 Å². The molecule has 1 heterocycles. The van der Waals surface area contributed by atoms with E-state index in [1.807, 2.05) is 24.3 Å². The van der Waals surface area contributed by atoms with Gasteiger partial charge in [-0.1, -0.05) is 133 Å². The molecule has 5 atom stereocenters. The molecule has 1 saturated heterocycles. The van der Waals surface area contributed by atoms with Gasteiger partial charge in [-0.05, 0) is 96.8 Å². The summed E-state index contributed by atoms with van der Waals surface area (Å²) in [5.41, 5.74) is 4.97. The lowest BCUT2D eigenvalue weighted by molar-refractivity contribution is -0.189. The monoisotopic (exact) mass is 755 g/mol. The number of benzene rings is 4. The molecule has 0 spiro atoms. The molecular weight excluding hydrogens is 695 g/mol. The summed E-state index contributed by atoms with van der Waals surface area (Å²) in [6.45, 7) is 4.15. The van der Waals surface area contributed by atoms with Gasteiger partial charge in [0.15, 0.2) is 0 Å². The third kappa shape index (κ3) is 10.7. The van der Waals surface area contributed by atoms with E-state index in [1.54, 1.807) is 0 Å². The molecule has 4 bridgehead atoms. The minimum Gasteiger partial charge on any atom is -0.381 e. The fourth-order valence-electron chi connectivity index (χ4n) is 10.4. The minimum atomic E-state index is -0.368. The number of rotatable bonds is 20. The van der Waals surface area contributed by atoms with Gasteiger partial charge in [-0.3, -0.25) is 0 Å². The summed E-state index contributed by atoms with van der Waals surface area (Å²) in [7, 11) is 0. The number of ether oxygens (including phenoxy) is 5. The number of unbranched alkanes of at least 4 members (excludes halogenated alkanes) is 1. The molecule has 1 N–H and O–H groups in total. The molecule has 4 saturated carbocycles. The van der Waals surface area contributed by atoms with Gasteiger partial charge in [-0.15, -0.1) is 0 Å². The van der Waals surface area contributed by atoms with Gasteiger partial charge in [0.05, 0.1) is 51.7 Å². The van der Waals surface area contributed by atoms with Crippen molar-refractivity contribution in [3.8, 4) is 0 Å². The zero-order valence-electron chi connectivity index (χ0n) is 33.0. The van der Waals surface area contributed by atoms with Gasteiger partial charge in [0.1, 0.15) is 18.3 Å². The Bertz CT molecular complexity index is 1720. The average Bonchev–Trinajstić information content (AvgIpc) is 3.22. The molecule has 4 aromatic carbocycles. The number of hydrogen-bond acceptors (Lipinski definition) is 6. The van der Waals surface area contributed by atoms with Crippen LogP contribution in [0.3, 0.4) is 0 Å².